The molecule has 7 aromatic rings. The van der Waals surface area contributed by atoms with E-state index in [1.807, 2.05) is 0 Å². The summed E-state index contributed by atoms with van der Waals surface area (Å²) in [5.74, 6) is 4.96. The molecule has 8 nitrogen and oxygen atoms in total. The Morgan fingerprint density at radius 1 is 0.308 bits per heavy atom. The summed E-state index contributed by atoms with van der Waals surface area (Å²) >= 11 is 0.663. The minimum atomic E-state index is -0.273. The molecule has 0 aromatic heterocycles. The average Bonchev–Trinajstić information content (AvgIpc) is 0.874. The second-order valence-corrected chi connectivity index (χ2v) is 32.4. The minimum absolute atomic E-state index is 0.0447. The van der Waals surface area contributed by atoms with E-state index in [1.54, 1.807) is 12.1 Å². The van der Waals surface area contributed by atoms with Gasteiger partial charge in [-0.15, -0.1) is 0 Å². The van der Waals surface area contributed by atoms with Gasteiger partial charge in [0, 0.05) is 66.6 Å². The first-order chi connectivity index (χ1) is 42.5. The Morgan fingerprint density at radius 3 is 0.670 bits per heavy atom. The average molecular weight is 1250 g/mol. The molecule has 0 aliphatic carbocycles. The highest BCUT2D eigenvalue weighted by molar-refractivity contribution is 7.93. The number of benzene rings is 7. The van der Waals surface area contributed by atoms with Crippen LogP contribution in [-0.2, 0) is 84.2 Å². The lowest BCUT2D eigenvalue weighted by Gasteiger charge is -2.29. The van der Waals surface area contributed by atoms with Gasteiger partial charge in [0.05, 0.1) is 26.4 Å². The van der Waals surface area contributed by atoms with Crippen molar-refractivity contribution in [3.05, 3.63) is 196 Å². The molecule has 9 heteroatoms. The van der Waals surface area contributed by atoms with E-state index >= 15 is 0 Å². The van der Waals surface area contributed by atoms with Crippen molar-refractivity contribution < 1.29 is 38.1 Å². The molecule has 9 rings (SSSR count). The third-order valence-corrected chi connectivity index (χ3v) is 18.9. The van der Waals surface area contributed by atoms with E-state index in [4.69, 9.17) is 28.4 Å². The lowest BCUT2D eigenvalue weighted by molar-refractivity contribution is 0.286. The van der Waals surface area contributed by atoms with Crippen LogP contribution in [0.15, 0.2) is 89.8 Å². The summed E-state index contributed by atoms with van der Waals surface area (Å²) in [6, 6.07) is 31.8. The van der Waals surface area contributed by atoms with Gasteiger partial charge < -0.3 is 38.1 Å². The van der Waals surface area contributed by atoms with Crippen molar-refractivity contribution in [2.75, 3.05) is 26.4 Å². The molecular formula is C82H106O8S. The highest BCUT2D eigenvalue weighted by Gasteiger charge is 2.32. The van der Waals surface area contributed by atoms with Gasteiger partial charge in [-0.25, -0.2) is 0 Å². The molecule has 0 radical (unpaired) electrons. The first kappa shape index (κ1) is 68.8. The molecule has 0 unspecified atom stereocenters. The highest BCUT2D eigenvalue weighted by atomic mass is 32.2. The number of phenols is 1. The van der Waals surface area contributed by atoms with Gasteiger partial charge in [-0.2, -0.15) is 0 Å². The van der Waals surface area contributed by atoms with E-state index in [9.17, 15) is 9.66 Å². The number of hydrogen-bond acceptors (Lipinski definition) is 9. The molecule has 0 atom stereocenters. The van der Waals surface area contributed by atoms with E-state index in [1.165, 1.54) is 33.4 Å². The van der Waals surface area contributed by atoms with Gasteiger partial charge in [-0.05, 0) is 172 Å². The number of rotatable bonds is 9. The summed E-state index contributed by atoms with van der Waals surface area (Å²) < 4.78 is 54.9. The topological polar surface area (TPSA) is 95.8 Å². The predicted octanol–water partition coefficient (Wildman–Crippen LogP) is 20.7. The van der Waals surface area contributed by atoms with E-state index < -0.39 is 0 Å². The van der Waals surface area contributed by atoms with Crippen LogP contribution in [0.3, 0.4) is 0 Å². The predicted molar refractivity (Wildman–Crippen MR) is 378 cm³/mol. The van der Waals surface area contributed by atoms with Crippen LogP contribution in [0, 0.1) is 0 Å². The summed E-state index contributed by atoms with van der Waals surface area (Å²) in [5.41, 5.74) is 19.6. The maximum absolute atomic E-state index is 12.0. The zero-order chi connectivity index (χ0) is 66.5. The van der Waals surface area contributed by atoms with Gasteiger partial charge in [0.1, 0.15) is 53.5 Å². The molecule has 0 amide bonds. The van der Waals surface area contributed by atoms with Crippen LogP contribution in [0.1, 0.15) is 264 Å². The van der Waals surface area contributed by atoms with Crippen LogP contribution >= 0.6 is 12.0 Å². The smallest absolute Gasteiger partial charge is 0.126 e. The van der Waals surface area contributed by atoms with Crippen molar-refractivity contribution in [1.82, 2.24) is 0 Å². The number of hydrogen-bond donors (Lipinski definition) is 2. The molecule has 0 saturated heterocycles. The van der Waals surface area contributed by atoms with E-state index in [2.05, 4.69) is 225 Å². The highest BCUT2D eigenvalue weighted by Crippen LogP contribution is 2.47. The zero-order valence-corrected chi connectivity index (χ0v) is 60.1. The fraction of sp³-hybridized carbons (Fsp3) is 0.488. The van der Waals surface area contributed by atoms with Crippen molar-refractivity contribution in [1.29, 1.82) is 0 Å². The lowest BCUT2D eigenvalue weighted by atomic mass is 9.79. The maximum atomic E-state index is 12.0. The third kappa shape index (κ3) is 15.4. The summed E-state index contributed by atoms with van der Waals surface area (Å²) in [6.45, 7) is 51.5. The first-order valence-corrected chi connectivity index (χ1v) is 34.2. The second kappa shape index (κ2) is 26.5. The molecule has 12 bridgehead atoms. The Morgan fingerprint density at radius 2 is 0.495 bits per heavy atom. The standard InChI is InChI=1S/C82H106O8S/c1-23-85-70-49-27-50-34-64(78(8,9)10)38-54(71(50)86-24-2)30-59-43-68(82(20,21)22)44-60-32-56-40-66(80(14,15)16)36-52(73(56)88-26-4)28-51-35-65(79(11,12)13)39-55(72(51)87-25-3)31-58-42-67(81(17,18)19)41-57(29-53(70)37-63(33-49)77(5,6)7)74(58)89-47-61-45-69(83)46-62(76(61)91-84)48-90-75(59)60/h33-46,83-84H,23-32,47-48H2,1-22H3. The molecule has 0 saturated carbocycles. The molecule has 2 aliphatic rings. The van der Waals surface area contributed by atoms with Crippen molar-refractivity contribution in [2.24, 2.45) is 0 Å². The lowest BCUT2D eigenvalue weighted by Crippen LogP contribution is -2.18. The minimum Gasteiger partial charge on any atom is -0.508 e. The van der Waals surface area contributed by atoms with Crippen LogP contribution in [0.2, 0.25) is 0 Å². The molecule has 0 spiro atoms. The summed E-state index contributed by atoms with van der Waals surface area (Å²) in [6.07, 6.45) is 3.06. The quantitative estimate of drug-likeness (QED) is 0.137. The molecule has 488 valence electrons. The van der Waals surface area contributed by atoms with Gasteiger partial charge in [-0.1, -0.05) is 197 Å². The Balaban J connectivity index is 1.54. The van der Waals surface area contributed by atoms with Crippen LogP contribution in [0.25, 0.3) is 0 Å². The SMILES string of the molecule is CCOc1c2cc(C(C)(C)C)cc1Cc1cc(C(C)(C)C)cc3c1OCc1cc(O)cc(c1SO)COc1c(cc(C(C)(C)C)cc1Cc1cc(C(C)(C)C)cc(c1OCC)Cc1cc(C(C)(C)C)cc(c1OCC)C3)Cc1cc(C(C)(C)C)cc(c1OCC)C2. The Labute approximate surface area is 551 Å². The van der Waals surface area contributed by atoms with Crippen LogP contribution < -0.4 is 28.4 Å². The van der Waals surface area contributed by atoms with Gasteiger partial charge in [0.2, 0.25) is 0 Å². The number of aromatic hydroxyl groups is 1. The van der Waals surface area contributed by atoms with Gasteiger partial charge in [0.15, 0.2) is 0 Å². The van der Waals surface area contributed by atoms with E-state index in [0.29, 0.717) is 93.0 Å². The zero-order valence-electron chi connectivity index (χ0n) is 59.3. The first-order valence-electron chi connectivity index (χ1n) is 33.4. The van der Waals surface area contributed by atoms with Crippen LogP contribution in [0.5, 0.6) is 40.2 Å². The monoisotopic (exact) mass is 1250 g/mol. The molecule has 91 heavy (non-hydrogen) atoms. The van der Waals surface area contributed by atoms with Crippen LogP contribution in [-0.4, -0.2) is 36.1 Å². The molecule has 2 N–H and O–H groups in total. The third-order valence-electron chi connectivity index (χ3n) is 18.2. The number of phenolic OH excluding ortho intramolecular Hbond substituents is 1. The molecular weight excluding hydrogens is 1140 g/mol. The fourth-order valence-corrected chi connectivity index (χ4v) is 13.5. The van der Waals surface area contributed by atoms with Crippen molar-refractivity contribution in [3.63, 3.8) is 0 Å². The number of fused-ring (bicyclic) bond motifs is 10. The van der Waals surface area contributed by atoms with Gasteiger partial charge >= 0.3 is 0 Å². The molecule has 2 aliphatic heterocycles. The second-order valence-electron chi connectivity index (χ2n) is 31.8. The van der Waals surface area contributed by atoms with Crippen molar-refractivity contribution >= 4 is 12.0 Å². The largest absolute Gasteiger partial charge is 0.508 e. The number of ether oxygens (including phenoxy) is 6. The fourth-order valence-electron chi connectivity index (χ4n) is 13.0. The van der Waals surface area contributed by atoms with Crippen molar-refractivity contribution in [2.45, 2.75) is 241 Å². The van der Waals surface area contributed by atoms with Gasteiger partial charge in [-0.3, -0.25) is 0 Å². The van der Waals surface area contributed by atoms with Gasteiger partial charge in [0.25, 0.3) is 0 Å². The maximum Gasteiger partial charge on any atom is 0.126 e. The summed E-state index contributed by atoms with van der Waals surface area (Å²) in [4.78, 5) is 0.565. The normalized spacial score (nSPS) is 14.2. The van der Waals surface area contributed by atoms with E-state index in [0.717, 1.165) is 101 Å². The summed E-state index contributed by atoms with van der Waals surface area (Å²) in [7, 11) is 0. The van der Waals surface area contributed by atoms with E-state index in [-0.39, 0.29) is 51.5 Å². The molecule has 0 fully saturated rings. The Kier molecular flexibility index (Phi) is 20.0. The van der Waals surface area contributed by atoms with Crippen molar-refractivity contribution in [3.8, 4) is 40.2 Å². The molecule has 2 heterocycles. The molecule has 7 aromatic carbocycles. The Bertz CT molecular complexity index is 3380. The van der Waals surface area contributed by atoms with Crippen LogP contribution in [0.4, 0.5) is 0 Å². The summed E-state index contributed by atoms with van der Waals surface area (Å²) in [5, 5.41) is 12.0. The Hall–Kier alpha value is -6.55.